The number of ketones is 1. The minimum absolute atomic E-state index is 0.0284. The van der Waals surface area contributed by atoms with Crippen molar-refractivity contribution in [2.75, 3.05) is 0 Å². The number of Topliss-reactive ketones (excluding diaryl/α,β-unsaturated/α-hetero) is 1. The number of benzene rings is 1. The summed E-state index contributed by atoms with van der Waals surface area (Å²) in [6.45, 7) is 5.50. The third kappa shape index (κ3) is 1.96. The summed E-state index contributed by atoms with van der Waals surface area (Å²) < 4.78 is 2.87. The van der Waals surface area contributed by atoms with Gasteiger partial charge >= 0.3 is 0 Å². The first-order chi connectivity index (χ1) is 9.06. The van der Waals surface area contributed by atoms with Crippen LogP contribution >= 0.6 is 11.3 Å². The lowest BCUT2D eigenvalue weighted by molar-refractivity contribution is 0.101. The Balaban J connectivity index is 2.16. The van der Waals surface area contributed by atoms with E-state index in [2.05, 4.69) is 23.1 Å². The highest BCUT2D eigenvalue weighted by molar-refractivity contribution is 7.20. The quantitative estimate of drug-likeness (QED) is 0.672. The minimum Gasteiger partial charge on any atom is -0.294 e. The highest BCUT2D eigenvalue weighted by Gasteiger charge is 2.14. The zero-order valence-corrected chi connectivity index (χ0v) is 11.8. The second kappa shape index (κ2) is 4.28. The highest BCUT2D eigenvalue weighted by atomic mass is 32.1. The van der Waals surface area contributed by atoms with Gasteiger partial charge in [0.25, 0.3) is 0 Å². The third-order valence-electron chi connectivity index (χ3n) is 3.10. The largest absolute Gasteiger partial charge is 0.294 e. The monoisotopic (exact) mass is 271 g/mol. The highest BCUT2D eigenvalue weighted by Crippen LogP contribution is 2.26. The van der Waals surface area contributed by atoms with Crippen molar-refractivity contribution in [3.63, 3.8) is 0 Å². The molecule has 96 valence electrons. The van der Waals surface area contributed by atoms with E-state index < -0.39 is 0 Å². The van der Waals surface area contributed by atoms with Crippen LogP contribution in [0.25, 0.3) is 15.3 Å². The van der Waals surface area contributed by atoms with Crippen molar-refractivity contribution >= 4 is 27.3 Å². The summed E-state index contributed by atoms with van der Waals surface area (Å²) >= 11 is 1.58. The molecular formula is C14H13N3OS. The molecule has 0 fully saturated rings. The van der Waals surface area contributed by atoms with Crippen LogP contribution in [0.5, 0.6) is 0 Å². The molecule has 0 amide bonds. The SMILES string of the molecule is CC(=O)c1cnn(-c2nc3ccc(C)cc3s2)c1C. The van der Waals surface area contributed by atoms with Gasteiger partial charge in [0, 0.05) is 0 Å². The molecule has 0 aliphatic rings. The van der Waals surface area contributed by atoms with Gasteiger partial charge in [-0.3, -0.25) is 4.79 Å². The molecule has 0 atom stereocenters. The van der Waals surface area contributed by atoms with E-state index in [0.717, 1.165) is 21.0 Å². The van der Waals surface area contributed by atoms with Gasteiger partial charge < -0.3 is 0 Å². The summed E-state index contributed by atoms with van der Waals surface area (Å²) in [6.07, 6.45) is 1.61. The van der Waals surface area contributed by atoms with Crippen molar-refractivity contribution in [1.29, 1.82) is 0 Å². The van der Waals surface area contributed by atoms with Crippen LogP contribution < -0.4 is 0 Å². The molecule has 0 spiro atoms. The molecule has 0 unspecified atom stereocenters. The Hall–Kier alpha value is -2.01. The summed E-state index contributed by atoms with van der Waals surface area (Å²) in [6, 6.07) is 6.17. The zero-order valence-electron chi connectivity index (χ0n) is 11.0. The van der Waals surface area contributed by atoms with Crippen molar-refractivity contribution in [3.05, 3.63) is 41.2 Å². The van der Waals surface area contributed by atoms with Crippen LogP contribution in [0, 0.1) is 13.8 Å². The Morgan fingerprint density at radius 2 is 2.11 bits per heavy atom. The molecule has 0 aliphatic heterocycles. The van der Waals surface area contributed by atoms with Crippen molar-refractivity contribution in [2.24, 2.45) is 0 Å². The van der Waals surface area contributed by atoms with E-state index in [4.69, 9.17) is 0 Å². The minimum atomic E-state index is 0.0284. The molecule has 19 heavy (non-hydrogen) atoms. The Morgan fingerprint density at radius 3 is 2.79 bits per heavy atom. The second-order valence-electron chi connectivity index (χ2n) is 4.58. The lowest BCUT2D eigenvalue weighted by Crippen LogP contribution is -2.00. The number of hydrogen-bond donors (Lipinski definition) is 0. The Labute approximate surface area is 114 Å². The maximum Gasteiger partial charge on any atom is 0.211 e. The van der Waals surface area contributed by atoms with Crippen molar-refractivity contribution in [3.8, 4) is 5.13 Å². The summed E-state index contributed by atoms with van der Waals surface area (Å²) in [7, 11) is 0. The summed E-state index contributed by atoms with van der Waals surface area (Å²) in [5.74, 6) is 0.0284. The number of fused-ring (bicyclic) bond motifs is 1. The number of carbonyl (C=O) groups excluding carboxylic acids is 1. The van der Waals surface area contributed by atoms with Crippen LogP contribution in [-0.4, -0.2) is 20.5 Å². The van der Waals surface area contributed by atoms with E-state index in [1.807, 2.05) is 19.1 Å². The van der Waals surface area contributed by atoms with Gasteiger partial charge in [0.15, 0.2) is 5.78 Å². The van der Waals surface area contributed by atoms with Crippen LogP contribution in [0.2, 0.25) is 0 Å². The molecule has 0 saturated carbocycles. The zero-order chi connectivity index (χ0) is 13.6. The number of aryl methyl sites for hydroxylation is 1. The Bertz CT molecular complexity index is 785. The molecule has 0 saturated heterocycles. The predicted octanol–water partition coefficient (Wildman–Crippen LogP) is 3.30. The van der Waals surface area contributed by atoms with Gasteiger partial charge in [-0.15, -0.1) is 0 Å². The van der Waals surface area contributed by atoms with Crippen molar-refractivity contribution in [2.45, 2.75) is 20.8 Å². The Kier molecular flexibility index (Phi) is 2.71. The maximum absolute atomic E-state index is 11.5. The van der Waals surface area contributed by atoms with Gasteiger partial charge in [-0.25, -0.2) is 9.67 Å². The molecule has 2 heterocycles. The third-order valence-corrected chi connectivity index (χ3v) is 4.10. The standard InChI is InChI=1S/C14H13N3OS/c1-8-4-5-12-13(6-8)19-14(16-12)17-9(2)11(7-15-17)10(3)18/h4-7H,1-3H3. The second-order valence-corrected chi connectivity index (χ2v) is 5.59. The predicted molar refractivity (Wildman–Crippen MR) is 76.2 cm³/mol. The molecule has 5 heteroatoms. The van der Waals surface area contributed by atoms with E-state index in [1.54, 1.807) is 29.1 Å². The first-order valence-electron chi connectivity index (χ1n) is 5.99. The van der Waals surface area contributed by atoms with Gasteiger partial charge in [-0.1, -0.05) is 17.4 Å². The van der Waals surface area contributed by atoms with Crippen LogP contribution in [0.4, 0.5) is 0 Å². The first kappa shape index (κ1) is 12.0. The van der Waals surface area contributed by atoms with Crippen molar-refractivity contribution < 1.29 is 4.79 Å². The van der Waals surface area contributed by atoms with Crippen LogP contribution in [-0.2, 0) is 0 Å². The topological polar surface area (TPSA) is 47.8 Å². The molecule has 1 aromatic carbocycles. The van der Waals surface area contributed by atoms with Gasteiger partial charge in [0.2, 0.25) is 5.13 Å². The van der Waals surface area contributed by atoms with Gasteiger partial charge in [0.1, 0.15) is 0 Å². The number of rotatable bonds is 2. The van der Waals surface area contributed by atoms with E-state index in [1.165, 1.54) is 5.56 Å². The summed E-state index contributed by atoms with van der Waals surface area (Å²) in [5.41, 5.74) is 3.66. The molecule has 3 aromatic rings. The fraction of sp³-hybridized carbons (Fsp3) is 0.214. The normalized spacial score (nSPS) is 11.1. The molecule has 0 radical (unpaired) electrons. The smallest absolute Gasteiger partial charge is 0.211 e. The molecule has 2 aromatic heterocycles. The number of thiazole rings is 1. The number of aromatic nitrogens is 3. The molecule has 4 nitrogen and oxygen atoms in total. The summed E-state index contributed by atoms with van der Waals surface area (Å²) in [4.78, 5) is 16.0. The molecule has 0 N–H and O–H groups in total. The number of hydrogen-bond acceptors (Lipinski definition) is 4. The van der Waals surface area contributed by atoms with E-state index in [-0.39, 0.29) is 5.78 Å². The number of nitrogens with zero attached hydrogens (tertiary/aromatic N) is 3. The Morgan fingerprint density at radius 1 is 1.32 bits per heavy atom. The van der Waals surface area contributed by atoms with Gasteiger partial charge in [0.05, 0.1) is 27.7 Å². The molecule has 3 rings (SSSR count). The first-order valence-corrected chi connectivity index (χ1v) is 6.81. The molecular weight excluding hydrogens is 258 g/mol. The molecule has 0 bridgehead atoms. The van der Waals surface area contributed by atoms with Crippen LogP contribution in [0.15, 0.2) is 24.4 Å². The summed E-state index contributed by atoms with van der Waals surface area (Å²) in [5, 5.41) is 5.07. The van der Waals surface area contributed by atoms with Crippen LogP contribution in [0.3, 0.4) is 0 Å². The molecule has 0 aliphatic carbocycles. The fourth-order valence-electron chi connectivity index (χ4n) is 2.06. The average Bonchev–Trinajstić information content (AvgIpc) is 2.91. The van der Waals surface area contributed by atoms with Gasteiger partial charge in [-0.05, 0) is 38.5 Å². The van der Waals surface area contributed by atoms with Gasteiger partial charge in [-0.2, -0.15) is 5.10 Å². The number of carbonyl (C=O) groups is 1. The van der Waals surface area contributed by atoms with Crippen molar-refractivity contribution in [1.82, 2.24) is 14.8 Å². The van der Waals surface area contributed by atoms with E-state index in [9.17, 15) is 4.79 Å². The lowest BCUT2D eigenvalue weighted by atomic mass is 10.2. The van der Waals surface area contributed by atoms with Crippen LogP contribution in [0.1, 0.15) is 28.5 Å². The lowest BCUT2D eigenvalue weighted by Gasteiger charge is -1.98. The fourth-order valence-corrected chi connectivity index (χ4v) is 3.13. The van der Waals surface area contributed by atoms with E-state index in [0.29, 0.717) is 5.56 Å². The van der Waals surface area contributed by atoms with E-state index >= 15 is 0 Å². The average molecular weight is 271 g/mol. The maximum atomic E-state index is 11.5.